The van der Waals surface area contributed by atoms with Gasteiger partial charge in [-0.2, -0.15) is 0 Å². The Balaban J connectivity index is 2.20. The van der Waals surface area contributed by atoms with Crippen LogP contribution in [0.3, 0.4) is 0 Å². The highest BCUT2D eigenvalue weighted by Crippen LogP contribution is 2.32. The first-order chi connectivity index (χ1) is 9.13. The van der Waals surface area contributed by atoms with Crippen molar-refractivity contribution in [1.29, 1.82) is 0 Å². The Kier molecular flexibility index (Phi) is 4.75. The standard InChI is InChI=1S/C15H24FN3/c1-4-17-9-13-7-8-18-15(14(13)16)19(11(2)3)10-12-5-6-12/h7-8,11-12,17H,4-6,9-10H2,1-3H3. The second-order valence-corrected chi connectivity index (χ2v) is 5.58. The zero-order valence-corrected chi connectivity index (χ0v) is 12.1. The van der Waals surface area contributed by atoms with Crippen LogP contribution in [0.15, 0.2) is 12.3 Å². The summed E-state index contributed by atoms with van der Waals surface area (Å²) >= 11 is 0. The van der Waals surface area contributed by atoms with E-state index in [1.807, 2.05) is 6.92 Å². The van der Waals surface area contributed by atoms with E-state index in [0.717, 1.165) is 19.0 Å². The van der Waals surface area contributed by atoms with E-state index in [-0.39, 0.29) is 11.9 Å². The van der Waals surface area contributed by atoms with Crippen molar-refractivity contribution in [1.82, 2.24) is 10.3 Å². The molecule has 0 bridgehead atoms. The Labute approximate surface area is 115 Å². The first kappa shape index (κ1) is 14.3. The second kappa shape index (κ2) is 6.33. The second-order valence-electron chi connectivity index (χ2n) is 5.58. The number of aromatic nitrogens is 1. The summed E-state index contributed by atoms with van der Waals surface area (Å²) < 4.78 is 14.5. The lowest BCUT2D eigenvalue weighted by molar-refractivity contribution is 0.559. The number of hydrogen-bond acceptors (Lipinski definition) is 3. The molecule has 0 spiro atoms. The van der Waals surface area contributed by atoms with E-state index in [1.54, 1.807) is 12.3 Å². The van der Waals surface area contributed by atoms with Crippen LogP contribution in [0, 0.1) is 11.7 Å². The van der Waals surface area contributed by atoms with E-state index in [0.29, 0.717) is 17.9 Å². The van der Waals surface area contributed by atoms with E-state index < -0.39 is 0 Å². The fraction of sp³-hybridized carbons (Fsp3) is 0.667. The molecule has 1 heterocycles. The molecule has 0 amide bonds. The van der Waals surface area contributed by atoms with Gasteiger partial charge in [-0.05, 0) is 45.2 Å². The number of hydrogen-bond donors (Lipinski definition) is 1. The third-order valence-corrected chi connectivity index (χ3v) is 3.56. The fourth-order valence-corrected chi connectivity index (χ4v) is 2.19. The molecule has 2 rings (SSSR count). The maximum Gasteiger partial charge on any atom is 0.170 e. The minimum absolute atomic E-state index is 0.169. The Bertz CT molecular complexity index is 416. The molecule has 0 radical (unpaired) electrons. The van der Waals surface area contributed by atoms with Gasteiger partial charge in [0.25, 0.3) is 0 Å². The lowest BCUT2D eigenvalue weighted by Gasteiger charge is -2.28. The van der Waals surface area contributed by atoms with Gasteiger partial charge in [0, 0.05) is 30.9 Å². The minimum Gasteiger partial charge on any atom is -0.351 e. The van der Waals surface area contributed by atoms with Crippen LogP contribution in [-0.2, 0) is 6.54 Å². The van der Waals surface area contributed by atoms with Gasteiger partial charge in [-0.3, -0.25) is 0 Å². The highest BCUT2D eigenvalue weighted by atomic mass is 19.1. The molecule has 1 N–H and O–H groups in total. The van der Waals surface area contributed by atoms with Crippen LogP contribution in [0.1, 0.15) is 39.2 Å². The maximum atomic E-state index is 14.5. The van der Waals surface area contributed by atoms with Crippen molar-refractivity contribution < 1.29 is 4.39 Å². The molecule has 4 heteroatoms. The summed E-state index contributed by atoms with van der Waals surface area (Å²) in [6.45, 7) is 8.54. The molecule has 19 heavy (non-hydrogen) atoms. The number of anilines is 1. The molecular formula is C15H24FN3. The molecule has 1 aromatic heterocycles. The topological polar surface area (TPSA) is 28.2 Å². The minimum atomic E-state index is -0.169. The molecular weight excluding hydrogens is 241 g/mol. The van der Waals surface area contributed by atoms with Gasteiger partial charge in [0.15, 0.2) is 11.6 Å². The number of nitrogens with zero attached hydrogens (tertiary/aromatic N) is 2. The fourth-order valence-electron chi connectivity index (χ4n) is 2.19. The van der Waals surface area contributed by atoms with Crippen LogP contribution in [0.2, 0.25) is 0 Å². The van der Waals surface area contributed by atoms with Crippen LogP contribution >= 0.6 is 0 Å². The lowest BCUT2D eigenvalue weighted by Crippen LogP contribution is -2.34. The molecule has 0 aliphatic heterocycles. The van der Waals surface area contributed by atoms with Crippen LogP contribution in [0.5, 0.6) is 0 Å². The largest absolute Gasteiger partial charge is 0.351 e. The van der Waals surface area contributed by atoms with Crippen LogP contribution < -0.4 is 10.2 Å². The summed E-state index contributed by atoms with van der Waals surface area (Å²) in [5, 5.41) is 3.17. The first-order valence-corrected chi connectivity index (χ1v) is 7.24. The molecule has 0 unspecified atom stereocenters. The quantitative estimate of drug-likeness (QED) is 0.821. The predicted molar refractivity (Wildman–Crippen MR) is 76.8 cm³/mol. The van der Waals surface area contributed by atoms with Crippen LogP contribution in [0.25, 0.3) is 0 Å². The summed E-state index contributed by atoms with van der Waals surface area (Å²) in [5.41, 5.74) is 0.702. The van der Waals surface area contributed by atoms with E-state index in [2.05, 4.69) is 29.0 Å². The van der Waals surface area contributed by atoms with Gasteiger partial charge in [-0.15, -0.1) is 0 Å². The van der Waals surface area contributed by atoms with Crippen LogP contribution in [-0.4, -0.2) is 24.1 Å². The number of rotatable bonds is 7. The number of pyridine rings is 1. The highest BCUT2D eigenvalue weighted by Gasteiger charge is 2.28. The average molecular weight is 265 g/mol. The predicted octanol–water partition coefficient (Wildman–Crippen LogP) is 2.96. The Morgan fingerprint density at radius 1 is 1.47 bits per heavy atom. The van der Waals surface area contributed by atoms with E-state index in [9.17, 15) is 4.39 Å². The van der Waals surface area contributed by atoms with Gasteiger partial charge in [0.2, 0.25) is 0 Å². The monoisotopic (exact) mass is 265 g/mol. The molecule has 1 aliphatic rings. The summed E-state index contributed by atoms with van der Waals surface area (Å²) in [4.78, 5) is 6.37. The van der Waals surface area contributed by atoms with E-state index >= 15 is 0 Å². The van der Waals surface area contributed by atoms with Crippen molar-refractivity contribution in [2.45, 2.75) is 46.2 Å². The van der Waals surface area contributed by atoms with Crippen molar-refractivity contribution >= 4 is 5.82 Å². The summed E-state index contributed by atoms with van der Waals surface area (Å²) in [6.07, 6.45) is 4.25. The Morgan fingerprint density at radius 3 is 2.79 bits per heavy atom. The van der Waals surface area contributed by atoms with Gasteiger partial charge < -0.3 is 10.2 Å². The number of nitrogens with one attached hydrogen (secondary N) is 1. The van der Waals surface area contributed by atoms with Gasteiger partial charge in [-0.25, -0.2) is 9.37 Å². The van der Waals surface area contributed by atoms with E-state index in [4.69, 9.17) is 0 Å². The van der Waals surface area contributed by atoms with Gasteiger partial charge in [0.1, 0.15) is 0 Å². The summed E-state index contributed by atoms with van der Waals surface area (Å²) in [5.74, 6) is 1.07. The molecule has 1 aliphatic carbocycles. The first-order valence-electron chi connectivity index (χ1n) is 7.24. The van der Waals surface area contributed by atoms with Crippen molar-refractivity contribution in [2.75, 3.05) is 18.0 Å². The SMILES string of the molecule is CCNCc1ccnc(N(CC2CC2)C(C)C)c1F. The lowest BCUT2D eigenvalue weighted by atomic mass is 10.2. The molecule has 0 saturated heterocycles. The van der Waals surface area contributed by atoms with Crippen LogP contribution in [0.4, 0.5) is 10.2 Å². The van der Waals surface area contributed by atoms with Crippen molar-refractivity contribution in [3.05, 3.63) is 23.6 Å². The zero-order chi connectivity index (χ0) is 13.8. The summed E-state index contributed by atoms with van der Waals surface area (Å²) in [7, 11) is 0. The zero-order valence-electron chi connectivity index (χ0n) is 12.1. The summed E-state index contributed by atoms with van der Waals surface area (Å²) in [6, 6.07) is 2.04. The van der Waals surface area contributed by atoms with Crippen molar-refractivity contribution in [2.24, 2.45) is 5.92 Å². The molecule has 3 nitrogen and oxygen atoms in total. The van der Waals surface area contributed by atoms with Gasteiger partial charge in [-0.1, -0.05) is 6.92 Å². The average Bonchev–Trinajstić information content (AvgIpc) is 3.19. The third-order valence-electron chi connectivity index (χ3n) is 3.56. The highest BCUT2D eigenvalue weighted by molar-refractivity contribution is 5.44. The van der Waals surface area contributed by atoms with E-state index in [1.165, 1.54) is 12.8 Å². The Morgan fingerprint density at radius 2 is 2.21 bits per heavy atom. The molecule has 1 fully saturated rings. The van der Waals surface area contributed by atoms with Gasteiger partial charge in [0.05, 0.1) is 0 Å². The Hall–Kier alpha value is -1.16. The smallest absolute Gasteiger partial charge is 0.170 e. The van der Waals surface area contributed by atoms with Gasteiger partial charge >= 0.3 is 0 Å². The molecule has 106 valence electrons. The maximum absolute atomic E-state index is 14.5. The molecule has 1 saturated carbocycles. The van der Waals surface area contributed by atoms with Crippen molar-refractivity contribution in [3.63, 3.8) is 0 Å². The van der Waals surface area contributed by atoms with Crippen molar-refractivity contribution in [3.8, 4) is 0 Å². The third kappa shape index (κ3) is 3.66. The normalized spacial score (nSPS) is 15.0. The molecule has 0 atom stereocenters. The molecule has 1 aromatic rings. The number of halogens is 1. The molecule has 0 aromatic carbocycles.